The molecule has 0 fully saturated rings. The number of nitrogens with one attached hydrogen (secondary N) is 1. The monoisotopic (exact) mass is 206 g/mol. The highest BCUT2D eigenvalue weighted by Gasteiger charge is 1.97. The molecule has 0 aliphatic heterocycles. The number of aromatic amines is 1. The number of aryl methyl sites for hydroxylation is 1. The first kappa shape index (κ1) is 9.08. The normalized spacial score (nSPS) is 10.4. The highest BCUT2D eigenvalue weighted by molar-refractivity contribution is 7.71. The Labute approximate surface area is 86.7 Å². The molecular formula is C9H10N4S. The molecule has 0 unspecified atom stereocenters. The van der Waals surface area contributed by atoms with E-state index in [4.69, 9.17) is 12.2 Å². The molecule has 0 amide bonds. The van der Waals surface area contributed by atoms with Gasteiger partial charge in [0, 0.05) is 18.6 Å². The van der Waals surface area contributed by atoms with Crippen LogP contribution >= 0.6 is 12.2 Å². The molecule has 0 aliphatic rings. The number of hydrogen-bond donors (Lipinski definition) is 1. The Morgan fingerprint density at radius 1 is 1.43 bits per heavy atom. The molecule has 0 spiro atoms. The molecule has 5 heteroatoms. The highest BCUT2D eigenvalue weighted by atomic mass is 32.1. The molecule has 0 saturated carbocycles. The van der Waals surface area contributed by atoms with Crippen molar-refractivity contribution in [2.24, 2.45) is 0 Å². The molecule has 72 valence electrons. The van der Waals surface area contributed by atoms with Crippen molar-refractivity contribution in [1.82, 2.24) is 19.5 Å². The van der Waals surface area contributed by atoms with Gasteiger partial charge < -0.3 is 9.55 Å². The number of nitrogens with zero attached hydrogens (tertiary/aromatic N) is 3. The van der Waals surface area contributed by atoms with Crippen LogP contribution in [0.5, 0.6) is 0 Å². The summed E-state index contributed by atoms with van der Waals surface area (Å²) in [4.78, 5) is 11.3. The van der Waals surface area contributed by atoms with Gasteiger partial charge in [-0.05, 0) is 19.1 Å². The number of aromatic nitrogens is 4. The smallest absolute Gasteiger partial charge is 0.177 e. The minimum Gasteiger partial charge on any atom is -0.337 e. The fourth-order valence-electron chi connectivity index (χ4n) is 1.15. The number of hydrogen-bond acceptors (Lipinski definition) is 3. The molecule has 0 radical (unpaired) electrons. The third-order valence-electron chi connectivity index (χ3n) is 1.89. The number of H-pyrrole nitrogens is 1. The van der Waals surface area contributed by atoms with Crippen LogP contribution < -0.4 is 0 Å². The summed E-state index contributed by atoms with van der Waals surface area (Å²) in [5, 5.41) is 0. The maximum Gasteiger partial charge on any atom is 0.177 e. The van der Waals surface area contributed by atoms with Crippen LogP contribution in [0.3, 0.4) is 0 Å². The Bertz CT molecular complexity index is 468. The van der Waals surface area contributed by atoms with E-state index in [-0.39, 0.29) is 0 Å². The van der Waals surface area contributed by atoms with Crippen LogP contribution in [-0.2, 0) is 6.54 Å². The van der Waals surface area contributed by atoms with Gasteiger partial charge in [0.25, 0.3) is 0 Å². The van der Waals surface area contributed by atoms with Gasteiger partial charge in [-0.15, -0.1) is 0 Å². The molecule has 0 bridgehead atoms. The van der Waals surface area contributed by atoms with Gasteiger partial charge in [0.2, 0.25) is 0 Å². The van der Waals surface area contributed by atoms with Gasteiger partial charge in [-0.1, -0.05) is 0 Å². The van der Waals surface area contributed by atoms with Crippen molar-refractivity contribution >= 4 is 12.2 Å². The van der Waals surface area contributed by atoms with E-state index < -0.39 is 0 Å². The Morgan fingerprint density at radius 2 is 2.29 bits per heavy atom. The highest BCUT2D eigenvalue weighted by Crippen LogP contribution is 1.99. The lowest BCUT2D eigenvalue weighted by atomic mass is 10.4. The lowest BCUT2D eigenvalue weighted by Gasteiger charge is -2.01. The molecule has 2 rings (SSSR count). The maximum absolute atomic E-state index is 5.07. The Balaban J connectivity index is 2.23. The second-order valence-electron chi connectivity index (χ2n) is 3.04. The third kappa shape index (κ3) is 1.88. The van der Waals surface area contributed by atoms with E-state index in [0.717, 1.165) is 11.4 Å². The first-order valence-electron chi connectivity index (χ1n) is 4.27. The zero-order chi connectivity index (χ0) is 9.97. The molecular weight excluding hydrogens is 196 g/mol. The Kier molecular flexibility index (Phi) is 2.41. The van der Waals surface area contributed by atoms with Gasteiger partial charge in [0.1, 0.15) is 0 Å². The van der Waals surface area contributed by atoms with Gasteiger partial charge in [-0.25, -0.2) is 0 Å². The summed E-state index contributed by atoms with van der Waals surface area (Å²) < 4.78 is 2.61. The minimum atomic E-state index is 0.662. The lowest BCUT2D eigenvalue weighted by Crippen LogP contribution is -2.01. The fraction of sp³-hybridized carbons (Fsp3) is 0.222. The van der Waals surface area contributed by atoms with Crippen molar-refractivity contribution in [1.29, 1.82) is 0 Å². The molecule has 1 N–H and O–H groups in total. The first-order valence-corrected chi connectivity index (χ1v) is 4.68. The van der Waals surface area contributed by atoms with Crippen molar-refractivity contribution in [2.45, 2.75) is 13.5 Å². The van der Waals surface area contributed by atoms with Crippen LogP contribution in [0.4, 0.5) is 0 Å². The second-order valence-corrected chi connectivity index (χ2v) is 3.43. The van der Waals surface area contributed by atoms with Gasteiger partial charge in [0.05, 0.1) is 24.1 Å². The van der Waals surface area contributed by atoms with Gasteiger partial charge in [-0.2, -0.15) is 0 Å². The van der Waals surface area contributed by atoms with Crippen LogP contribution in [-0.4, -0.2) is 19.5 Å². The van der Waals surface area contributed by atoms with Gasteiger partial charge in [-0.3, -0.25) is 9.97 Å². The Hall–Kier alpha value is -1.49. The molecule has 0 aromatic carbocycles. The van der Waals surface area contributed by atoms with Crippen molar-refractivity contribution in [3.63, 3.8) is 0 Å². The van der Waals surface area contributed by atoms with Gasteiger partial charge >= 0.3 is 0 Å². The summed E-state index contributed by atoms with van der Waals surface area (Å²) >= 11 is 5.07. The summed E-state index contributed by atoms with van der Waals surface area (Å²) in [5.41, 5.74) is 1.83. The predicted molar refractivity (Wildman–Crippen MR) is 55.5 cm³/mol. The molecule has 2 aromatic heterocycles. The van der Waals surface area contributed by atoms with Crippen molar-refractivity contribution in [3.05, 3.63) is 40.9 Å². The average molecular weight is 206 g/mol. The Morgan fingerprint density at radius 3 is 2.86 bits per heavy atom. The van der Waals surface area contributed by atoms with Crippen LogP contribution in [0.2, 0.25) is 0 Å². The van der Waals surface area contributed by atoms with E-state index in [1.165, 1.54) is 0 Å². The molecule has 2 aromatic rings. The number of rotatable bonds is 2. The van der Waals surface area contributed by atoms with Crippen LogP contribution in [0, 0.1) is 11.7 Å². The van der Waals surface area contributed by atoms with Crippen LogP contribution in [0.1, 0.15) is 11.4 Å². The minimum absolute atomic E-state index is 0.662. The maximum atomic E-state index is 5.07. The zero-order valence-electron chi connectivity index (χ0n) is 7.77. The zero-order valence-corrected chi connectivity index (χ0v) is 8.58. The summed E-state index contributed by atoms with van der Waals surface area (Å²) in [7, 11) is 0. The molecule has 14 heavy (non-hydrogen) atoms. The quantitative estimate of drug-likeness (QED) is 0.761. The standard InChI is InChI=1S/C9H10N4S/c1-7-4-12-8(5-11-7)6-13-3-2-10-9(13)14/h2-5H,6H2,1H3,(H,10,14). The third-order valence-corrected chi connectivity index (χ3v) is 2.24. The summed E-state index contributed by atoms with van der Waals surface area (Å²) in [6.45, 7) is 2.58. The molecule has 2 heterocycles. The van der Waals surface area contributed by atoms with E-state index in [2.05, 4.69) is 15.0 Å². The summed E-state index contributed by atoms with van der Waals surface area (Å²) in [5.74, 6) is 0. The van der Waals surface area contributed by atoms with E-state index in [9.17, 15) is 0 Å². The van der Waals surface area contributed by atoms with Crippen molar-refractivity contribution in [2.75, 3.05) is 0 Å². The van der Waals surface area contributed by atoms with Crippen molar-refractivity contribution in [3.8, 4) is 0 Å². The summed E-state index contributed by atoms with van der Waals surface area (Å²) in [6, 6.07) is 0. The van der Waals surface area contributed by atoms with E-state index >= 15 is 0 Å². The average Bonchev–Trinajstić information content (AvgIpc) is 2.56. The molecule has 0 saturated heterocycles. The van der Waals surface area contributed by atoms with E-state index in [1.54, 1.807) is 12.4 Å². The fourth-order valence-corrected chi connectivity index (χ4v) is 1.34. The van der Waals surface area contributed by atoms with Crippen LogP contribution in [0.15, 0.2) is 24.8 Å². The predicted octanol–water partition coefficient (Wildman–Crippen LogP) is 1.69. The van der Waals surface area contributed by atoms with E-state index in [0.29, 0.717) is 11.3 Å². The van der Waals surface area contributed by atoms with E-state index in [1.807, 2.05) is 23.9 Å². The molecule has 0 aliphatic carbocycles. The lowest BCUT2D eigenvalue weighted by molar-refractivity contribution is 0.754. The van der Waals surface area contributed by atoms with Crippen molar-refractivity contribution < 1.29 is 0 Å². The second kappa shape index (κ2) is 3.71. The molecule has 0 atom stereocenters. The largest absolute Gasteiger partial charge is 0.337 e. The first-order chi connectivity index (χ1) is 6.75. The van der Waals surface area contributed by atoms with Crippen LogP contribution in [0.25, 0.3) is 0 Å². The topological polar surface area (TPSA) is 46.5 Å². The summed E-state index contributed by atoms with van der Waals surface area (Å²) in [6.07, 6.45) is 7.23. The van der Waals surface area contributed by atoms with Gasteiger partial charge in [0.15, 0.2) is 4.77 Å². The number of imidazole rings is 1. The SMILES string of the molecule is Cc1cnc(Cn2cc[nH]c2=S)cn1. The molecule has 4 nitrogen and oxygen atoms in total.